The minimum atomic E-state index is -2.96. The Bertz CT molecular complexity index is 1220. The van der Waals surface area contributed by atoms with Crippen LogP contribution in [0.4, 0.5) is 5.82 Å². The molecule has 0 aliphatic carbocycles. The normalized spacial score (nSPS) is 16.5. The van der Waals surface area contributed by atoms with Crippen LogP contribution in [-0.4, -0.2) is 43.0 Å². The Morgan fingerprint density at radius 2 is 1.71 bits per heavy atom. The lowest BCUT2D eigenvalue weighted by Gasteiger charge is -2.28. The van der Waals surface area contributed by atoms with E-state index in [9.17, 15) is 8.42 Å². The monoisotopic (exact) mass is 427 g/mol. The zero-order valence-corrected chi connectivity index (χ0v) is 17.4. The summed E-state index contributed by atoms with van der Waals surface area (Å²) in [6.07, 6.45) is 0. The van der Waals surface area contributed by atoms with Crippen LogP contribution in [-0.2, 0) is 9.84 Å². The molecular formula is C20H17N3O2S3. The molecule has 4 heterocycles. The molecule has 1 fully saturated rings. The van der Waals surface area contributed by atoms with E-state index in [1.807, 2.05) is 35.7 Å². The molecule has 0 amide bonds. The Hall–Kier alpha value is -2.29. The molecule has 3 aromatic heterocycles. The van der Waals surface area contributed by atoms with Crippen LogP contribution in [0.2, 0.25) is 0 Å². The van der Waals surface area contributed by atoms with Crippen LogP contribution in [0.1, 0.15) is 0 Å². The molecule has 0 spiro atoms. The van der Waals surface area contributed by atoms with Gasteiger partial charge in [0.1, 0.15) is 10.6 Å². The first-order valence-electron chi connectivity index (χ1n) is 8.95. The van der Waals surface area contributed by atoms with E-state index in [4.69, 9.17) is 9.97 Å². The van der Waals surface area contributed by atoms with E-state index >= 15 is 0 Å². The summed E-state index contributed by atoms with van der Waals surface area (Å²) < 4.78 is 23.9. The minimum absolute atomic E-state index is 0.164. The van der Waals surface area contributed by atoms with Crippen molar-refractivity contribution in [3.05, 3.63) is 53.2 Å². The van der Waals surface area contributed by atoms with Gasteiger partial charge in [-0.25, -0.2) is 18.4 Å². The Kier molecular flexibility index (Phi) is 4.41. The smallest absolute Gasteiger partial charge is 0.173 e. The summed E-state index contributed by atoms with van der Waals surface area (Å²) in [5, 5.41) is 5.15. The molecule has 5 nitrogen and oxygen atoms in total. The predicted octanol–water partition coefficient (Wildman–Crippen LogP) is 4.32. The molecule has 0 saturated carbocycles. The van der Waals surface area contributed by atoms with Crippen LogP contribution in [0.15, 0.2) is 53.2 Å². The summed E-state index contributed by atoms with van der Waals surface area (Å²) in [6, 6.07) is 14.2. The highest BCUT2D eigenvalue weighted by molar-refractivity contribution is 7.91. The lowest BCUT2D eigenvalue weighted by atomic mass is 10.1. The predicted molar refractivity (Wildman–Crippen MR) is 117 cm³/mol. The van der Waals surface area contributed by atoms with Crippen molar-refractivity contribution in [3.8, 4) is 21.8 Å². The minimum Gasteiger partial charge on any atom is -0.354 e. The van der Waals surface area contributed by atoms with Gasteiger partial charge in [-0.2, -0.15) is 0 Å². The van der Waals surface area contributed by atoms with Crippen molar-refractivity contribution >= 4 is 48.5 Å². The zero-order chi connectivity index (χ0) is 19.1. The van der Waals surface area contributed by atoms with Gasteiger partial charge in [0, 0.05) is 24.0 Å². The maximum atomic E-state index is 11.9. The van der Waals surface area contributed by atoms with E-state index in [-0.39, 0.29) is 11.5 Å². The van der Waals surface area contributed by atoms with E-state index in [1.54, 1.807) is 22.7 Å². The lowest BCUT2D eigenvalue weighted by molar-refractivity contribution is 0.586. The Morgan fingerprint density at radius 3 is 2.43 bits per heavy atom. The molecule has 142 valence electrons. The van der Waals surface area contributed by atoms with Crippen LogP contribution in [0.25, 0.3) is 32.0 Å². The Labute approximate surface area is 171 Å². The summed E-state index contributed by atoms with van der Waals surface area (Å²) in [5.74, 6) is 1.87. The van der Waals surface area contributed by atoms with Crippen LogP contribution in [0, 0.1) is 0 Å². The number of benzene rings is 1. The van der Waals surface area contributed by atoms with Gasteiger partial charge in [-0.3, -0.25) is 0 Å². The Balaban J connectivity index is 1.71. The van der Waals surface area contributed by atoms with Crippen molar-refractivity contribution in [1.82, 2.24) is 9.97 Å². The van der Waals surface area contributed by atoms with Crippen molar-refractivity contribution in [2.45, 2.75) is 0 Å². The third-order valence-corrected chi connectivity index (χ3v) is 8.23. The summed E-state index contributed by atoms with van der Waals surface area (Å²) in [6.45, 7) is 0.921. The van der Waals surface area contributed by atoms with Gasteiger partial charge in [0.05, 0.1) is 21.8 Å². The standard InChI is InChI=1S/C20H17N3O2S3/c24-28(25)11-8-23(9-12-28)19-17-15(14-5-2-1-3-6-14)13-27-20(17)22-18(21-19)16-7-4-10-26-16/h1-7,10,13H,8-9,11-12H2. The van der Waals surface area contributed by atoms with E-state index in [0.29, 0.717) is 18.9 Å². The molecule has 8 heteroatoms. The van der Waals surface area contributed by atoms with Gasteiger partial charge >= 0.3 is 0 Å². The average molecular weight is 428 g/mol. The average Bonchev–Trinajstić information content (AvgIpc) is 3.38. The van der Waals surface area contributed by atoms with E-state index in [1.165, 1.54) is 0 Å². The second-order valence-corrected chi connectivity index (χ2v) is 10.8. The lowest BCUT2D eigenvalue weighted by Crippen LogP contribution is -2.40. The molecule has 28 heavy (non-hydrogen) atoms. The molecule has 0 atom stereocenters. The first-order valence-corrected chi connectivity index (χ1v) is 12.5. The highest BCUT2D eigenvalue weighted by Gasteiger charge is 2.26. The van der Waals surface area contributed by atoms with E-state index in [2.05, 4.69) is 22.4 Å². The fraction of sp³-hybridized carbons (Fsp3) is 0.200. The first-order chi connectivity index (χ1) is 13.6. The number of hydrogen-bond acceptors (Lipinski definition) is 7. The fourth-order valence-electron chi connectivity index (χ4n) is 3.42. The van der Waals surface area contributed by atoms with Crippen LogP contribution in [0.3, 0.4) is 0 Å². The SMILES string of the molecule is O=S1(=O)CCN(c2nc(-c3cccs3)nc3scc(-c4ccccc4)c23)CC1. The maximum Gasteiger partial charge on any atom is 0.173 e. The van der Waals surface area contributed by atoms with Crippen molar-refractivity contribution in [2.24, 2.45) is 0 Å². The van der Waals surface area contributed by atoms with Gasteiger partial charge in [-0.05, 0) is 17.0 Å². The quantitative estimate of drug-likeness (QED) is 0.487. The number of fused-ring (bicyclic) bond motifs is 1. The third-order valence-electron chi connectivity index (χ3n) is 4.88. The van der Waals surface area contributed by atoms with Crippen LogP contribution in [0.5, 0.6) is 0 Å². The van der Waals surface area contributed by atoms with Gasteiger partial charge in [0.25, 0.3) is 0 Å². The number of anilines is 1. The van der Waals surface area contributed by atoms with Gasteiger partial charge < -0.3 is 4.90 Å². The largest absolute Gasteiger partial charge is 0.354 e. The van der Waals surface area contributed by atoms with Crippen molar-refractivity contribution < 1.29 is 8.42 Å². The van der Waals surface area contributed by atoms with Gasteiger partial charge in [-0.1, -0.05) is 36.4 Å². The molecule has 0 radical (unpaired) electrons. The summed E-state index contributed by atoms with van der Waals surface area (Å²) >= 11 is 3.21. The highest BCUT2D eigenvalue weighted by Crippen LogP contribution is 2.40. The first kappa shape index (κ1) is 17.8. The second-order valence-electron chi connectivity index (χ2n) is 6.68. The molecule has 1 aromatic carbocycles. The number of rotatable bonds is 3. The third kappa shape index (κ3) is 3.21. The van der Waals surface area contributed by atoms with Crippen LogP contribution < -0.4 is 4.90 Å². The summed E-state index contributed by atoms with van der Waals surface area (Å²) in [7, 11) is -2.96. The molecule has 1 aliphatic rings. The highest BCUT2D eigenvalue weighted by atomic mass is 32.2. The topological polar surface area (TPSA) is 63.2 Å². The molecular weight excluding hydrogens is 410 g/mol. The number of thiophene rings is 2. The summed E-state index contributed by atoms with van der Waals surface area (Å²) in [4.78, 5) is 13.8. The number of sulfone groups is 1. The van der Waals surface area contributed by atoms with E-state index < -0.39 is 9.84 Å². The molecule has 0 unspecified atom stereocenters. The summed E-state index contributed by atoms with van der Waals surface area (Å²) in [5.41, 5.74) is 2.22. The van der Waals surface area contributed by atoms with Crippen LogP contribution >= 0.6 is 22.7 Å². The van der Waals surface area contributed by atoms with Gasteiger partial charge in [0.2, 0.25) is 0 Å². The number of hydrogen-bond donors (Lipinski definition) is 0. The second kappa shape index (κ2) is 6.95. The van der Waals surface area contributed by atoms with Gasteiger partial charge in [-0.15, -0.1) is 22.7 Å². The number of aromatic nitrogens is 2. The molecule has 1 aliphatic heterocycles. The van der Waals surface area contributed by atoms with Crippen molar-refractivity contribution in [1.29, 1.82) is 0 Å². The molecule has 1 saturated heterocycles. The van der Waals surface area contributed by atoms with Crippen molar-refractivity contribution in [3.63, 3.8) is 0 Å². The molecule has 5 rings (SSSR count). The van der Waals surface area contributed by atoms with Crippen molar-refractivity contribution in [2.75, 3.05) is 29.5 Å². The molecule has 4 aromatic rings. The van der Waals surface area contributed by atoms with E-state index in [0.717, 1.165) is 32.0 Å². The Morgan fingerprint density at radius 1 is 0.929 bits per heavy atom. The zero-order valence-electron chi connectivity index (χ0n) is 14.9. The van der Waals surface area contributed by atoms with Gasteiger partial charge in [0.15, 0.2) is 15.7 Å². The number of nitrogens with zero attached hydrogens (tertiary/aromatic N) is 3. The molecule has 0 N–H and O–H groups in total. The molecule has 0 bridgehead atoms. The fourth-order valence-corrected chi connectivity index (χ4v) is 6.22. The maximum absolute atomic E-state index is 11.9.